The summed E-state index contributed by atoms with van der Waals surface area (Å²) < 4.78 is 21.8. The summed E-state index contributed by atoms with van der Waals surface area (Å²) in [6.45, 7) is 5.01. The number of amides is 1. The second-order valence-corrected chi connectivity index (χ2v) is 8.41. The number of benzene rings is 2. The molecule has 0 radical (unpaired) electrons. The zero-order valence-corrected chi connectivity index (χ0v) is 20.5. The minimum atomic E-state index is -0.0868. The van der Waals surface area contributed by atoms with Gasteiger partial charge in [-0.1, -0.05) is 23.4 Å². The first-order valence-corrected chi connectivity index (χ1v) is 11.9. The first-order chi connectivity index (χ1) is 17.1. The highest BCUT2D eigenvalue weighted by atomic mass is 16.5. The highest BCUT2D eigenvalue weighted by Gasteiger charge is 2.27. The number of rotatable bonds is 10. The number of nitrogens with zero attached hydrogens (tertiary/aromatic N) is 3. The average Bonchev–Trinajstić information content (AvgIpc) is 3.36. The first-order valence-electron chi connectivity index (χ1n) is 11.9. The Morgan fingerprint density at radius 2 is 1.97 bits per heavy atom. The average molecular weight is 481 g/mol. The molecule has 1 saturated heterocycles. The summed E-state index contributed by atoms with van der Waals surface area (Å²) in [6.07, 6.45) is 1.79. The third-order valence-electron chi connectivity index (χ3n) is 6.07. The van der Waals surface area contributed by atoms with Crippen molar-refractivity contribution in [2.75, 3.05) is 33.9 Å². The summed E-state index contributed by atoms with van der Waals surface area (Å²) in [4.78, 5) is 19.6. The monoisotopic (exact) mass is 480 g/mol. The number of hydrogen-bond acceptors (Lipinski definition) is 8. The summed E-state index contributed by atoms with van der Waals surface area (Å²) >= 11 is 0. The molecule has 1 atom stereocenters. The zero-order valence-electron chi connectivity index (χ0n) is 20.5. The molecule has 9 heteroatoms. The number of ether oxygens (including phenoxy) is 3. The molecular weight excluding hydrogens is 448 g/mol. The highest BCUT2D eigenvalue weighted by molar-refractivity contribution is 5.79. The number of methoxy groups -OCH3 is 2. The van der Waals surface area contributed by atoms with Crippen LogP contribution in [0.25, 0.3) is 11.4 Å². The molecule has 0 unspecified atom stereocenters. The van der Waals surface area contributed by atoms with Crippen LogP contribution in [0.4, 0.5) is 0 Å². The van der Waals surface area contributed by atoms with Crippen LogP contribution in [0.2, 0.25) is 0 Å². The van der Waals surface area contributed by atoms with E-state index in [1.807, 2.05) is 49.4 Å². The van der Waals surface area contributed by atoms with E-state index in [-0.39, 0.29) is 11.8 Å². The van der Waals surface area contributed by atoms with Gasteiger partial charge in [-0.15, -0.1) is 0 Å². The van der Waals surface area contributed by atoms with Crippen LogP contribution < -0.4 is 19.5 Å². The predicted molar refractivity (Wildman–Crippen MR) is 130 cm³/mol. The van der Waals surface area contributed by atoms with Crippen molar-refractivity contribution in [2.24, 2.45) is 5.92 Å². The Bertz CT molecular complexity index is 1130. The predicted octanol–water partition coefficient (Wildman–Crippen LogP) is 3.68. The van der Waals surface area contributed by atoms with Crippen molar-refractivity contribution in [3.8, 4) is 28.6 Å². The fourth-order valence-corrected chi connectivity index (χ4v) is 4.29. The molecule has 1 aliphatic heterocycles. The van der Waals surface area contributed by atoms with E-state index < -0.39 is 0 Å². The molecule has 0 saturated carbocycles. The maximum absolute atomic E-state index is 12.9. The number of piperidine rings is 1. The summed E-state index contributed by atoms with van der Waals surface area (Å²) in [5, 5.41) is 7.20. The summed E-state index contributed by atoms with van der Waals surface area (Å²) in [5.74, 6) is 3.02. The van der Waals surface area contributed by atoms with E-state index in [1.165, 1.54) is 0 Å². The van der Waals surface area contributed by atoms with Crippen molar-refractivity contribution >= 4 is 5.91 Å². The lowest BCUT2D eigenvalue weighted by molar-refractivity contribution is -0.127. The van der Waals surface area contributed by atoms with E-state index >= 15 is 0 Å². The second-order valence-electron chi connectivity index (χ2n) is 8.41. The fraction of sp³-hybridized carbons (Fsp3) is 0.423. The number of hydrogen-bond donors (Lipinski definition) is 1. The number of aromatic nitrogens is 2. The quantitative estimate of drug-likeness (QED) is 0.469. The van der Waals surface area contributed by atoms with Gasteiger partial charge in [0, 0.05) is 24.2 Å². The fourth-order valence-electron chi connectivity index (χ4n) is 4.29. The van der Waals surface area contributed by atoms with E-state index in [0.717, 1.165) is 36.3 Å². The molecule has 35 heavy (non-hydrogen) atoms. The van der Waals surface area contributed by atoms with Crippen molar-refractivity contribution in [1.82, 2.24) is 20.4 Å². The van der Waals surface area contributed by atoms with Crippen LogP contribution in [0.1, 0.15) is 31.2 Å². The van der Waals surface area contributed by atoms with Crippen molar-refractivity contribution in [3.05, 3.63) is 53.9 Å². The lowest BCUT2D eigenvalue weighted by atomic mass is 9.97. The SMILES string of the molecule is CCOc1ccccc1CNC(=O)[C@@H]1CCCN(Cc2nc(-c3ccc(OC)c(OC)c3)no2)C1. The highest BCUT2D eigenvalue weighted by Crippen LogP contribution is 2.31. The maximum Gasteiger partial charge on any atom is 0.241 e. The Kier molecular flexibility index (Phi) is 8.20. The molecule has 186 valence electrons. The molecule has 2 aromatic carbocycles. The largest absolute Gasteiger partial charge is 0.494 e. The van der Waals surface area contributed by atoms with Crippen molar-refractivity contribution in [2.45, 2.75) is 32.9 Å². The molecule has 9 nitrogen and oxygen atoms in total. The molecule has 1 amide bonds. The summed E-state index contributed by atoms with van der Waals surface area (Å²) in [6, 6.07) is 13.3. The van der Waals surface area contributed by atoms with Crippen LogP contribution in [0.5, 0.6) is 17.2 Å². The molecule has 0 spiro atoms. The van der Waals surface area contributed by atoms with Crippen LogP contribution in [-0.4, -0.2) is 54.9 Å². The zero-order chi connectivity index (χ0) is 24.6. The lowest BCUT2D eigenvalue weighted by Crippen LogP contribution is -2.42. The van der Waals surface area contributed by atoms with Crippen LogP contribution in [-0.2, 0) is 17.9 Å². The van der Waals surface area contributed by atoms with Gasteiger partial charge in [-0.2, -0.15) is 4.98 Å². The molecule has 0 bridgehead atoms. The number of carbonyl (C=O) groups is 1. The molecule has 0 aliphatic carbocycles. The second kappa shape index (κ2) is 11.7. The van der Waals surface area contributed by atoms with Gasteiger partial charge in [-0.05, 0) is 50.6 Å². The van der Waals surface area contributed by atoms with E-state index in [2.05, 4.69) is 20.4 Å². The Balaban J connectivity index is 1.34. The van der Waals surface area contributed by atoms with Gasteiger partial charge in [0.2, 0.25) is 17.6 Å². The van der Waals surface area contributed by atoms with Crippen LogP contribution >= 0.6 is 0 Å². The van der Waals surface area contributed by atoms with Crippen LogP contribution in [0.15, 0.2) is 47.0 Å². The number of nitrogens with one attached hydrogen (secondary N) is 1. The third kappa shape index (κ3) is 6.10. The lowest BCUT2D eigenvalue weighted by Gasteiger charge is -2.30. The third-order valence-corrected chi connectivity index (χ3v) is 6.07. The van der Waals surface area contributed by atoms with Crippen molar-refractivity contribution in [3.63, 3.8) is 0 Å². The number of likely N-dealkylation sites (tertiary alicyclic amines) is 1. The smallest absolute Gasteiger partial charge is 0.241 e. The summed E-state index contributed by atoms with van der Waals surface area (Å²) in [7, 11) is 3.18. The van der Waals surface area contributed by atoms with Gasteiger partial charge < -0.3 is 24.1 Å². The van der Waals surface area contributed by atoms with Crippen molar-refractivity contribution < 1.29 is 23.5 Å². The molecular formula is C26H32N4O5. The van der Waals surface area contributed by atoms with Crippen LogP contribution in [0.3, 0.4) is 0 Å². The standard InChI is InChI=1S/C26H32N4O5/c1-4-34-21-10-6-5-8-19(21)15-27-26(31)20-9-7-13-30(16-20)17-24-28-25(29-35-24)18-11-12-22(32-2)23(14-18)33-3/h5-6,8,10-12,14,20H,4,7,9,13,15-17H2,1-3H3,(H,27,31)/t20-/m1/s1. The minimum absolute atomic E-state index is 0.0533. The van der Waals surface area contributed by atoms with E-state index in [9.17, 15) is 4.79 Å². The van der Waals surface area contributed by atoms with Gasteiger partial charge in [0.05, 0.1) is 33.3 Å². The van der Waals surface area contributed by atoms with Gasteiger partial charge >= 0.3 is 0 Å². The van der Waals surface area contributed by atoms with Crippen molar-refractivity contribution in [1.29, 1.82) is 0 Å². The molecule has 4 rings (SSSR count). The van der Waals surface area contributed by atoms with Crippen LogP contribution in [0, 0.1) is 5.92 Å². The maximum atomic E-state index is 12.9. The minimum Gasteiger partial charge on any atom is -0.494 e. The molecule has 1 aromatic heterocycles. The Morgan fingerprint density at radius 1 is 1.14 bits per heavy atom. The van der Waals surface area contributed by atoms with Gasteiger partial charge in [0.15, 0.2) is 11.5 Å². The molecule has 2 heterocycles. The molecule has 3 aromatic rings. The molecule has 1 aliphatic rings. The first kappa shape index (κ1) is 24.5. The Morgan fingerprint density at radius 3 is 2.77 bits per heavy atom. The van der Waals surface area contributed by atoms with Gasteiger partial charge in [0.1, 0.15) is 5.75 Å². The Hall–Kier alpha value is -3.59. The van der Waals surface area contributed by atoms with Gasteiger partial charge in [0.25, 0.3) is 0 Å². The molecule has 1 N–H and O–H groups in total. The van der Waals surface area contributed by atoms with Gasteiger partial charge in [-0.25, -0.2) is 0 Å². The van der Waals surface area contributed by atoms with E-state index in [0.29, 0.717) is 49.5 Å². The Labute approximate surface area is 205 Å². The normalized spacial score (nSPS) is 16.0. The van der Waals surface area contributed by atoms with Gasteiger partial charge in [-0.3, -0.25) is 9.69 Å². The number of carbonyl (C=O) groups excluding carboxylic acids is 1. The van der Waals surface area contributed by atoms with E-state index in [1.54, 1.807) is 14.2 Å². The molecule has 1 fully saturated rings. The topological polar surface area (TPSA) is 99.0 Å². The number of para-hydroxylation sites is 1. The summed E-state index contributed by atoms with van der Waals surface area (Å²) in [5.41, 5.74) is 1.75. The van der Waals surface area contributed by atoms with E-state index in [4.69, 9.17) is 18.7 Å².